The van der Waals surface area contributed by atoms with Crippen molar-refractivity contribution in [2.24, 2.45) is 7.05 Å². The van der Waals surface area contributed by atoms with E-state index in [9.17, 15) is 14.7 Å². The summed E-state index contributed by atoms with van der Waals surface area (Å²) in [6.45, 7) is 8.33. The number of hydrogen-bond acceptors (Lipinski definition) is 5. The van der Waals surface area contributed by atoms with Crippen LogP contribution in [0.15, 0.2) is 12.4 Å². The lowest BCUT2D eigenvalue weighted by atomic mass is 10.2. The van der Waals surface area contributed by atoms with Crippen LogP contribution >= 0.6 is 0 Å². The number of aromatic nitrogens is 4. The summed E-state index contributed by atoms with van der Waals surface area (Å²) < 4.78 is 3.29. The minimum Gasteiger partial charge on any atom is -0.476 e. The molecule has 2 aromatic heterocycles. The molecule has 1 saturated heterocycles. The summed E-state index contributed by atoms with van der Waals surface area (Å²) >= 11 is 0. The Morgan fingerprint density at radius 1 is 1.15 bits per heavy atom. The molecule has 2 aromatic rings. The van der Waals surface area contributed by atoms with Crippen LogP contribution in [0.25, 0.3) is 0 Å². The minimum absolute atomic E-state index is 0.147. The van der Waals surface area contributed by atoms with Crippen LogP contribution in [0.2, 0.25) is 0 Å². The number of hydrogen-bond donors (Lipinski definition) is 1. The molecule has 0 atom stereocenters. The standard InChI is InChI=1S/C17H24N6O3/c1-4-23-10-13(12(2)18-23)9-21-5-7-22(8-6-21)16(24)14-11-20(3)19-15(14)17(25)26/h10-11H,4-9H2,1-3H3,(H,25,26). The van der Waals surface area contributed by atoms with Crippen molar-refractivity contribution < 1.29 is 14.7 Å². The van der Waals surface area contributed by atoms with Crippen molar-refractivity contribution >= 4 is 11.9 Å². The molecule has 3 heterocycles. The lowest BCUT2D eigenvalue weighted by Crippen LogP contribution is -2.48. The maximum atomic E-state index is 12.7. The van der Waals surface area contributed by atoms with Crippen molar-refractivity contribution in [3.63, 3.8) is 0 Å². The minimum atomic E-state index is -1.18. The number of carboxylic acids is 1. The summed E-state index contributed by atoms with van der Waals surface area (Å²) in [6.07, 6.45) is 3.54. The van der Waals surface area contributed by atoms with Gasteiger partial charge >= 0.3 is 5.97 Å². The molecule has 0 bridgehead atoms. The molecule has 1 amide bonds. The van der Waals surface area contributed by atoms with E-state index in [2.05, 4.69) is 28.2 Å². The third-order valence-corrected chi connectivity index (χ3v) is 4.69. The molecule has 0 unspecified atom stereocenters. The summed E-state index contributed by atoms with van der Waals surface area (Å²) in [7, 11) is 1.61. The molecule has 26 heavy (non-hydrogen) atoms. The maximum absolute atomic E-state index is 12.7. The SMILES string of the molecule is CCn1cc(CN2CCN(C(=O)c3cn(C)nc3C(=O)O)CC2)c(C)n1. The highest BCUT2D eigenvalue weighted by atomic mass is 16.4. The smallest absolute Gasteiger partial charge is 0.357 e. The monoisotopic (exact) mass is 360 g/mol. The van der Waals surface area contributed by atoms with Crippen molar-refractivity contribution in [1.29, 1.82) is 0 Å². The average molecular weight is 360 g/mol. The zero-order valence-electron chi connectivity index (χ0n) is 15.3. The second-order valence-corrected chi connectivity index (χ2v) is 6.53. The number of aryl methyl sites for hydroxylation is 3. The molecular formula is C17H24N6O3. The molecule has 1 fully saturated rings. The summed E-state index contributed by atoms with van der Waals surface area (Å²) in [5.41, 5.74) is 2.19. The Bertz CT molecular complexity index is 817. The maximum Gasteiger partial charge on any atom is 0.357 e. The highest BCUT2D eigenvalue weighted by Crippen LogP contribution is 2.15. The van der Waals surface area contributed by atoms with Gasteiger partial charge < -0.3 is 10.0 Å². The predicted octanol–water partition coefficient (Wildman–Crippen LogP) is 0.601. The third-order valence-electron chi connectivity index (χ3n) is 4.69. The normalized spacial score (nSPS) is 15.4. The highest BCUT2D eigenvalue weighted by molar-refractivity contribution is 6.03. The Morgan fingerprint density at radius 3 is 2.42 bits per heavy atom. The molecule has 0 spiro atoms. The number of carboxylic acid groups (broad SMARTS) is 1. The van der Waals surface area contributed by atoms with Gasteiger partial charge in [-0.2, -0.15) is 10.2 Å². The van der Waals surface area contributed by atoms with Gasteiger partial charge in [0.05, 0.1) is 11.3 Å². The van der Waals surface area contributed by atoms with E-state index in [-0.39, 0.29) is 17.2 Å². The van der Waals surface area contributed by atoms with Crippen molar-refractivity contribution in [1.82, 2.24) is 29.4 Å². The van der Waals surface area contributed by atoms with E-state index in [0.29, 0.717) is 13.1 Å². The van der Waals surface area contributed by atoms with E-state index in [0.717, 1.165) is 31.9 Å². The summed E-state index contributed by atoms with van der Waals surface area (Å²) in [5, 5.41) is 17.6. The van der Waals surface area contributed by atoms with Crippen molar-refractivity contribution in [3.8, 4) is 0 Å². The first-order chi connectivity index (χ1) is 12.4. The van der Waals surface area contributed by atoms with Gasteiger partial charge in [-0.25, -0.2) is 4.79 Å². The molecule has 1 N–H and O–H groups in total. The van der Waals surface area contributed by atoms with Gasteiger partial charge in [0.1, 0.15) is 0 Å². The second kappa shape index (κ2) is 7.28. The molecule has 140 valence electrons. The van der Waals surface area contributed by atoms with Crippen LogP contribution in [-0.4, -0.2) is 72.5 Å². The molecule has 0 aromatic carbocycles. The summed E-state index contributed by atoms with van der Waals surface area (Å²) in [4.78, 5) is 27.9. The topological polar surface area (TPSA) is 96.5 Å². The second-order valence-electron chi connectivity index (χ2n) is 6.53. The van der Waals surface area contributed by atoms with Crippen LogP contribution in [0.3, 0.4) is 0 Å². The van der Waals surface area contributed by atoms with Crippen LogP contribution in [0, 0.1) is 6.92 Å². The largest absolute Gasteiger partial charge is 0.476 e. The number of piperazine rings is 1. The molecule has 1 aliphatic rings. The van der Waals surface area contributed by atoms with Gasteiger partial charge in [-0.3, -0.25) is 19.1 Å². The van der Waals surface area contributed by atoms with E-state index >= 15 is 0 Å². The fraction of sp³-hybridized carbons (Fsp3) is 0.529. The first-order valence-electron chi connectivity index (χ1n) is 8.70. The quantitative estimate of drug-likeness (QED) is 0.839. The van der Waals surface area contributed by atoms with Gasteiger partial charge in [-0.1, -0.05) is 0 Å². The van der Waals surface area contributed by atoms with Crippen molar-refractivity contribution in [2.75, 3.05) is 26.2 Å². The lowest BCUT2D eigenvalue weighted by molar-refractivity contribution is 0.0607. The van der Waals surface area contributed by atoms with Gasteiger partial charge in [0.2, 0.25) is 0 Å². The Morgan fingerprint density at radius 2 is 1.85 bits per heavy atom. The van der Waals surface area contributed by atoms with Gasteiger partial charge in [-0.05, 0) is 13.8 Å². The molecule has 1 aliphatic heterocycles. The molecule has 0 radical (unpaired) electrons. The van der Waals surface area contributed by atoms with Gasteiger partial charge in [0.15, 0.2) is 5.69 Å². The van der Waals surface area contributed by atoms with Crippen LogP contribution in [0.5, 0.6) is 0 Å². The average Bonchev–Trinajstić information content (AvgIpc) is 3.18. The van der Waals surface area contributed by atoms with Crippen LogP contribution in [-0.2, 0) is 20.1 Å². The summed E-state index contributed by atoms with van der Waals surface area (Å²) in [6, 6.07) is 0. The Labute approximate surface area is 151 Å². The van der Waals surface area contributed by atoms with Gasteiger partial charge in [0.25, 0.3) is 5.91 Å². The van der Waals surface area contributed by atoms with E-state index < -0.39 is 5.97 Å². The van der Waals surface area contributed by atoms with Crippen molar-refractivity contribution in [3.05, 3.63) is 34.9 Å². The van der Waals surface area contributed by atoms with Crippen LogP contribution in [0.4, 0.5) is 0 Å². The molecular weight excluding hydrogens is 336 g/mol. The van der Waals surface area contributed by atoms with Crippen LogP contribution in [0.1, 0.15) is 39.0 Å². The fourth-order valence-electron chi connectivity index (χ4n) is 3.20. The Hall–Kier alpha value is -2.68. The molecule has 0 saturated carbocycles. The molecule has 9 heteroatoms. The van der Waals surface area contributed by atoms with E-state index in [1.807, 2.05) is 11.6 Å². The highest BCUT2D eigenvalue weighted by Gasteiger charge is 2.28. The fourth-order valence-corrected chi connectivity index (χ4v) is 3.20. The van der Waals surface area contributed by atoms with Gasteiger partial charge in [0, 0.05) is 64.3 Å². The first kappa shape index (κ1) is 18.1. The van der Waals surface area contributed by atoms with E-state index in [1.165, 1.54) is 16.4 Å². The number of amides is 1. The Balaban J connectivity index is 1.62. The third kappa shape index (κ3) is 3.62. The number of rotatable bonds is 5. The van der Waals surface area contributed by atoms with Gasteiger partial charge in [-0.15, -0.1) is 0 Å². The first-order valence-corrected chi connectivity index (χ1v) is 8.70. The van der Waals surface area contributed by atoms with E-state index in [4.69, 9.17) is 0 Å². The number of nitrogens with zero attached hydrogens (tertiary/aromatic N) is 6. The zero-order valence-corrected chi connectivity index (χ0v) is 15.3. The summed E-state index contributed by atoms with van der Waals surface area (Å²) in [5.74, 6) is -1.46. The van der Waals surface area contributed by atoms with Crippen molar-refractivity contribution in [2.45, 2.75) is 26.9 Å². The molecule has 3 rings (SSSR count). The molecule has 0 aliphatic carbocycles. The number of carbonyl (C=O) groups is 2. The number of carbonyl (C=O) groups excluding carboxylic acids is 1. The lowest BCUT2D eigenvalue weighted by Gasteiger charge is -2.34. The molecule has 9 nitrogen and oxygen atoms in total. The van der Waals surface area contributed by atoms with E-state index in [1.54, 1.807) is 11.9 Å². The Kier molecular flexibility index (Phi) is 5.08. The van der Waals surface area contributed by atoms with Crippen LogP contribution < -0.4 is 0 Å². The number of aromatic carboxylic acids is 1. The predicted molar refractivity (Wildman–Crippen MR) is 94.0 cm³/mol. The zero-order chi connectivity index (χ0) is 18.8.